The number of hydrogen-bond acceptors (Lipinski definition) is 3. The monoisotopic (exact) mass is 230 g/mol. The largest absolute Gasteiger partial charge is 0.409 e. The number of hydrogen-bond donors (Lipinski definition) is 2. The number of amidine groups is 1. The fraction of sp³-hybridized carbons (Fsp3) is 0.333. The summed E-state index contributed by atoms with van der Waals surface area (Å²) >= 11 is 0. The minimum atomic E-state index is 0.177. The molecule has 2 aromatic heterocycles. The van der Waals surface area contributed by atoms with Crippen LogP contribution in [0.3, 0.4) is 0 Å². The first-order valence-electron chi connectivity index (χ1n) is 5.70. The molecule has 0 radical (unpaired) electrons. The van der Waals surface area contributed by atoms with Gasteiger partial charge >= 0.3 is 0 Å². The van der Waals surface area contributed by atoms with E-state index in [1.54, 1.807) is 0 Å². The summed E-state index contributed by atoms with van der Waals surface area (Å²) in [6, 6.07) is 4.15. The summed E-state index contributed by atoms with van der Waals surface area (Å²) in [7, 11) is 0. The topological polar surface area (TPSA) is 75.9 Å². The maximum atomic E-state index is 8.52. The van der Waals surface area contributed by atoms with Crippen LogP contribution < -0.4 is 5.73 Å². The van der Waals surface area contributed by atoms with E-state index in [0.717, 1.165) is 17.3 Å². The molecule has 0 amide bonds. The fourth-order valence-corrected chi connectivity index (χ4v) is 2.03. The second-order valence-electron chi connectivity index (χ2n) is 4.50. The molecular weight excluding hydrogens is 216 g/mol. The SMILES string of the molecule is N/C(Cc1cn2cc(C3CC3)ccc2n1)=N\O. The number of nitrogens with zero attached hydrogens (tertiary/aromatic N) is 3. The van der Waals surface area contributed by atoms with Crippen molar-refractivity contribution in [3.63, 3.8) is 0 Å². The van der Waals surface area contributed by atoms with Crippen molar-refractivity contribution in [3.8, 4) is 0 Å². The van der Waals surface area contributed by atoms with Crippen LogP contribution in [-0.2, 0) is 6.42 Å². The summed E-state index contributed by atoms with van der Waals surface area (Å²) in [4.78, 5) is 4.41. The highest BCUT2D eigenvalue weighted by Gasteiger charge is 2.23. The van der Waals surface area contributed by atoms with Crippen LogP contribution in [0.4, 0.5) is 0 Å². The third-order valence-electron chi connectivity index (χ3n) is 3.06. The highest BCUT2D eigenvalue weighted by Crippen LogP contribution is 2.39. The Hall–Kier alpha value is -2.04. The molecular formula is C12H14N4O. The van der Waals surface area contributed by atoms with Gasteiger partial charge in [0.1, 0.15) is 11.5 Å². The van der Waals surface area contributed by atoms with Gasteiger partial charge in [0.2, 0.25) is 0 Å². The molecule has 0 bridgehead atoms. The first-order chi connectivity index (χ1) is 8.26. The number of rotatable bonds is 3. The number of nitrogens with two attached hydrogens (primary N) is 1. The van der Waals surface area contributed by atoms with Gasteiger partial charge < -0.3 is 15.3 Å². The fourth-order valence-electron chi connectivity index (χ4n) is 2.03. The molecule has 5 heteroatoms. The van der Waals surface area contributed by atoms with Gasteiger partial charge in [0.25, 0.3) is 0 Å². The molecule has 2 aromatic rings. The van der Waals surface area contributed by atoms with Gasteiger partial charge in [-0.05, 0) is 30.4 Å². The van der Waals surface area contributed by atoms with Crippen LogP contribution in [0.2, 0.25) is 0 Å². The van der Waals surface area contributed by atoms with Crippen molar-refractivity contribution in [1.29, 1.82) is 0 Å². The molecule has 17 heavy (non-hydrogen) atoms. The number of aromatic nitrogens is 2. The number of pyridine rings is 1. The van der Waals surface area contributed by atoms with Crippen LogP contribution in [0.1, 0.15) is 30.0 Å². The molecule has 0 aromatic carbocycles. The summed E-state index contributed by atoms with van der Waals surface area (Å²) in [6.07, 6.45) is 7.00. The van der Waals surface area contributed by atoms with Gasteiger partial charge in [-0.2, -0.15) is 0 Å². The molecule has 1 fully saturated rings. The van der Waals surface area contributed by atoms with Crippen molar-refractivity contribution in [2.24, 2.45) is 10.9 Å². The molecule has 0 atom stereocenters. The second-order valence-corrected chi connectivity index (χ2v) is 4.50. The van der Waals surface area contributed by atoms with E-state index >= 15 is 0 Å². The second kappa shape index (κ2) is 3.76. The molecule has 1 aliphatic rings. The maximum absolute atomic E-state index is 8.52. The molecule has 88 valence electrons. The van der Waals surface area contributed by atoms with Gasteiger partial charge in [0.15, 0.2) is 0 Å². The van der Waals surface area contributed by atoms with Gasteiger partial charge in [-0.25, -0.2) is 4.98 Å². The summed E-state index contributed by atoms with van der Waals surface area (Å²) in [6.45, 7) is 0. The number of fused-ring (bicyclic) bond motifs is 1. The van der Waals surface area contributed by atoms with E-state index in [1.165, 1.54) is 18.4 Å². The zero-order chi connectivity index (χ0) is 11.8. The van der Waals surface area contributed by atoms with Crippen molar-refractivity contribution in [2.75, 3.05) is 0 Å². The minimum absolute atomic E-state index is 0.177. The van der Waals surface area contributed by atoms with Crippen molar-refractivity contribution < 1.29 is 5.21 Å². The zero-order valence-electron chi connectivity index (χ0n) is 9.37. The molecule has 3 rings (SSSR count). The maximum Gasteiger partial charge on any atom is 0.145 e. The van der Waals surface area contributed by atoms with Crippen molar-refractivity contribution in [3.05, 3.63) is 35.8 Å². The smallest absolute Gasteiger partial charge is 0.145 e. The van der Waals surface area contributed by atoms with Gasteiger partial charge in [0, 0.05) is 12.4 Å². The lowest BCUT2D eigenvalue weighted by atomic mass is 10.2. The molecule has 0 saturated heterocycles. The normalized spacial score (nSPS) is 16.6. The molecule has 2 heterocycles. The quantitative estimate of drug-likeness (QED) is 0.363. The van der Waals surface area contributed by atoms with E-state index in [2.05, 4.69) is 22.4 Å². The third-order valence-corrected chi connectivity index (χ3v) is 3.06. The first-order valence-corrected chi connectivity index (χ1v) is 5.70. The summed E-state index contributed by atoms with van der Waals surface area (Å²) in [5, 5.41) is 11.5. The van der Waals surface area contributed by atoms with Crippen molar-refractivity contribution in [1.82, 2.24) is 9.38 Å². The molecule has 1 aliphatic carbocycles. The predicted molar refractivity (Wildman–Crippen MR) is 64.3 cm³/mol. The molecule has 0 spiro atoms. The lowest BCUT2D eigenvalue weighted by Crippen LogP contribution is -2.14. The van der Waals surface area contributed by atoms with Crippen molar-refractivity contribution >= 4 is 11.5 Å². The number of imidazole rings is 1. The first kappa shape index (κ1) is 10.1. The van der Waals surface area contributed by atoms with E-state index in [1.807, 2.05) is 16.7 Å². The zero-order valence-corrected chi connectivity index (χ0v) is 9.37. The highest BCUT2D eigenvalue weighted by molar-refractivity contribution is 5.81. The average molecular weight is 230 g/mol. The van der Waals surface area contributed by atoms with E-state index in [4.69, 9.17) is 10.9 Å². The Morgan fingerprint density at radius 3 is 3.00 bits per heavy atom. The average Bonchev–Trinajstić information content (AvgIpc) is 3.09. The van der Waals surface area contributed by atoms with Crippen LogP contribution in [0.5, 0.6) is 0 Å². The lowest BCUT2D eigenvalue weighted by molar-refractivity contribution is 0.317. The molecule has 0 aliphatic heterocycles. The van der Waals surface area contributed by atoms with E-state index in [-0.39, 0.29) is 5.84 Å². The van der Waals surface area contributed by atoms with Crippen LogP contribution in [-0.4, -0.2) is 20.4 Å². The predicted octanol–water partition coefficient (Wildman–Crippen LogP) is 1.50. The molecule has 0 unspecified atom stereocenters. The Morgan fingerprint density at radius 2 is 2.29 bits per heavy atom. The van der Waals surface area contributed by atoms with Gasteiger partial charge in [0.05, 0.1) is 12.1 Å². The van der Waals surface area contributed by atoms with Crippen molar-refractivity contribution in [2.45, 2.75) is 25.2 Å². The highest BCUT2D eigenvalue weighted by atomic mass is 16.4. The van der Waals surface area contributed by atoms with E-state index in [0.29, 0.717) is 6.42 Å². The summed E-state index contributed by atoms with van der Waals surface area (Å²) in [5.74, 6) is 0.908. The van der Waals surface area contributed by atoms with E-state index < -0.39 is 0 Å². The Kier molecular flexibility index (Phi) is 2.24. The molecule has 5 nitrogen and oxygen atoms in total. The lowest BCUT2D eigenvalue weighted by Gasteiger charge is -1.98. The Balaban J connectivity index is 1.94. The molecule has 1 saturated carbocycles. The van der Waals surface area contributed by atoms with Crippen LogP contribution >= 0.6 is 0 Å². The van der Waals surface area contributed by atoms with Crippen LogP contribution in [0.25, 0.3) is 5.65 Å². The Morgan fingerprint density at radius 1 is 1.47 bits per heavy atom. The molecule has 3 N–H and O–H groups in total. The standard InChI is InChI=1S/C12H14N4O/c13-11(15-17)5-10-7-16-6-9(8-1-2-8)3-4-12(16)14-10/h3-4,6-8,17H,1-2,5H2,(H2,13,15). The summed E-state index contributed by atoms with van der Waals surface area (Å²) in [5.41, 5.74) is 8.54. The van der Waals surface area contributed by atoms with Gasteiger partial charge in [-0.1, -0.05) is 11.2 Å². The van der Waals surface area contributed by atoms with Gasteiger partial charge in [-0.3, -0.25) is 0 Å². The Bertz CT molecular complexity index is 583. The van der Waals surface area contributed by atoms with Gasteiger partial charge in [-0.15, -0.1) is 0 Å². The van der Waals surface area contributed by atoms with E-state index in [9.17, 15) is 0 Å². The Labute approximate surface area is 98.6 Å². The number of oxime groups is 1. The van der Waals surface area contributed by atoms with Crippen LogP contribution in [0, 0.1) is 0 Å². The minimum Gasteiger partial charge on any atom is -0.409 e. The van der Waals surface area contributed by atoms with Crippen LogP contribution in [0.15, 0.2) is 29.7 Å². The third kappa shape index (κ3) is 1.95. The summed E-state index contributed by atoms with van der Waals surface area (Å²) < 4.78 is 2.01.